The van der Waals surface area contributed by atoms with E-state index >= 15 is 0 Å². The average molecular weight is 236 g/mol. The van der Waals surface area contributed by atoms with Crippen molar-refractivity contribution in [2.45, 2.75) is 45.7 Å². The number of nitrogen functional groups attached to an aromatic ring is 1. The monoisotopic (exact) mass is 236 g/mol. The van der Waals surface area contributed by atoms with Gasteiger partial charge in [0.2, 0.25) is 0 Å². The Balaban J connectivity index is 1.88. The maximum absolute atomic E-state index is 13.3. The third kappa shape index (κ3) is 3.19. The van der Waals surface area contributed by atoms with Crippen molar-refractivity contribution < 1.29 is 4.39 Å². The van der Waals surface area contributed by atoms with Crippen molar-refractivity contribution in [1.82, 2.24) is 5.32 Å². The lowest BCUT2D eigenvalue weighted by Crippen LogP contribution is -2.26. The number of rotatable bonds is 3. The minimum absolute atomic E-state index is 0.218. The third-order valence-electron chi connectivity index (χ3n) is 3.63. The Hall–Kier alpha value is -1.09. The van der Waals surface area contributed by atoms with Crippen molar-refractivity contribution in [1.29, 1.82) is 0 Å². The Kier molecular flexibility index (Phi) is 3.38. The Morgan fingerprint density at radius 2 is 2.24 bits per heavy atom. The summed E-state index contributed by atoms with van der Waals surface area (Å²) in [6, 6.07) is 5.59. The molecule has 17 heavy (non-hydrogen) atoms. The SMILES string of the molecule is CC1(C)CCC(NCc2ccc(N)c(F)c2)C1. The number of benzene rings is 1. The van der Waals surface area contributed by atoms with Crippen LogP contribution in [0, 0.1) is 11.2 Å². The van der Waals surface area contributed by atoms with E-state index in [1.807, 2.05) is 6.07 Å². The number of nitrogens with two attached hydrogens (primary N) is 1. The zero-order chi connectivity index (χ0) is 12.5. The van der Waals surface area contributed by atoms with E-state index in [1.165, 1.54) is 25.3 Å². The molecule has 0 aromatic heterocycles. The van der Waals surface area contributed by atoms with E-state index in [0.29, 0.717) is 11.5 Å². The molecule has 1 aliphatic carbocycles. The highest BCUT2D eigenvalue weighted by Crippen LogP contribution is 2.36. The van der Waals surface area contributed by atoms with E-state index < -0.39 is 0 Å². The summed E-state index contributed by atoms with van der Waals surface area (Å²) in [5.74, 6) is -0.323. The zero-order valence-electron chi connectivity index (χ0n) is 10.6. The lowest BCUT2D eigenvalue weighted by Gasteiger charge is -2.18. The molecule has 0 spiro atoms. The second-order valence-electron chi connectivity index (χ2n) is 5.84. The number of hydrogen-bond acceptors (Lipinski definition) is 2. The molecule has 0 saturated heterocycles. The van der Waals surface area contributed by atoms with Crippen LogP contribution in [0.2, 0.25) is 0 Å². The Morgan fingerprint density at radius 1 is 1.47 bits per heavy atom. The summed E-state index contributed by atoms with van der Waals surface area (Å²) in [5, 5.41) is 3.49. The topological polar surface area (TPSA) is 38.0 Å². The van der Waals surface area contributed by atoms with Gasteiger partial charge in [0.05, 0.1) is 5.69 Å². The zero-order valence-corrected chi connectivity index (χ0v) is 10.6. The molecule has 0 radical (unpaired) electrons. The van der Waals surface area contributed by atoms with E-state index in [-0.39, 0.29) is 11.5 Å². The van der Waals surface area contributed by atoms with Crippen LogP contribution in [0.3, 0.4) is 0 Å². The molecule has 3 N–H and O–H groups in total. The van der Waals surface area contributed by atoms with Crippen LogP contribution in [0.15, 0.2) is 18.2 Å². The normalized spacial score (nSPS) is 22.9. The fourth-order valence-electron chi connectivity index (χ4n) is 2.55. The second kappa shape index (κ2) is 4.65. The van der Waals surface area contributed by atoms with Gasteiger partial charge in [-0.25, -0.2) is 4.39 Å². The van der Waals surface area contributed by atoms with Crippen LogP contribution in [-0.2, 0) is 6.54 Å². The van der Waals surface area contributed by atoms with Crippen molar-refractivity contribution >= 4 is 5.69 Å². The molecule has 2 nitrogen and oxygen atoms in total. The van der Waals surface area contributed by atoms with Gasteiger partial charge in [-0.2, -0.15) is 0 Å². The molecular weight excluding hydrogens is 215 g/mol. The number of hydrogen-bond donors (Lipinski definition) is 2. The molecule has 1 aromatic rings. The van der Waals surface area contributed by atoms with Crippen LogP contribution in [0.5, 0.6) is 0 Å². The van der Waals surface area contributed by atoms with Gasteiger partial charge in [-0.05, 0) is 42.4 Å². The van der Waals surface area contributed by atoms with E-state index in [9.17, 15) is 4.39 Å². The van der Waals surface area contributed by atoms with Crippen molar-refractivity contribution in [2.75, 3.05) is 5.73 Å². The molecule has 1 aromatic carbocycles. The smallest absolute Gasteiger partial charge is 0.146 e. The summed E-state index contributed by atoms with van der Waals surface area (Å²) in [7, 11) is 0. The van der Waals surface area contributed by atoms with Crippen molar-refractivity contribution in [3.8, 4) is 0 Å². The van der Waals surface area contributed by atoms with E-state index in [0.717, 1.165) is 12.1 Å². The number of nitrogens with one attached hydrogen (secondary N) is 1. The first-order chi connectivity index (χ1) is 7.96. The van der Waals surface area contributed by atoms with E-state index in [4.69, 9.17) is 5.73 Å². The number of halogens is 1. The van der Waals surface area contributed by atoms with Crippen LogP contribution >= 0.6 is 0 Å². The van der Waals surface area contributed by atoms with Gasteiger partial charge >= 0.3 is 0 Å². The summed E-state index contributed by atoms with van der Waals surface area (Å²) in [5.41, 5.74) is 7.07. The van der Waals surface area contributed by atoms with Gasteiger partial charge in [0.25, 0.3) is 0 Å². The Labute approximate surface area is 102 Å². The standard InChI is InChI=1S/C14H21FN2/c1-14(2)6-5-11(8-14)17-9-10-3-4-13(16)12(15)7-10/h3-4,7,11,17H,5-6,8-9,16H2,1-2H3. The lowest BCUT2D eigenvalue weighted by molar-refractivity contribution is 0.364. The van der Waals surface area contributed by atoms with Gasteiger partial charge < -0.3 is 11.1 Å². The van der Waals surface area contributed by atoms with Crippen molar-refractivity contribution in [3.05, 3.63) is 29.6 Å². The molecule has 1 saturated carbocycles. The molecule has 0 bridgehead atoms. The highest BCUT2D eigenvalue weighted by atomic mass is 19.1. The molecule has 0 aliphatic heterocycles. The fourth-order valence-corrected chi connectivity index (χ4v) is 2.55. The highest BCUT2D eigenvalue weighted by Gasteiger charge is 2.30. The van der Waals surface area contributed by atoms with Crippen LogP contribution in [0.25, 0.3) is 0 Å². The summed E-state index contributed by atoms with van der Waals surface area (Å²) >= 11 is 0. The maximum atomic E-state index is 13.3. The van der Waals surface area contributed by atoms with Gasteiger partial charge in [-0.1, -0.05) is 19.9 Å². The Morgan fingerprint density at radius 3 is 2.82 bits per heavy atom. The first-order valence-electron chi connectivity index (χ1n) is 6.24. The molecule has 94 valence electrons. The van der Waals surface area contributed by atoms with Crippen LogP contribution < -0.4 is 11.1 Å². The molecule has 0 heterocycles. The molecule has 1 aliphatic rings. The molecule has 3 heteroatoms. The molecule has 1 atom stereocenters. The second-order valence-corrected chi connectivity index (χ2v) is 5.84. The van der Waals surface area contributed by atoms with Crippen LogP contribution in [0.4, 0.5) is 10.1 Å². The fraction of sp³-hybridized carbons (Fsp3) is 0.571. The first-order valence-corrected chi connectivity index (χ1v) is 6.24. The minimum atomic E-state index is -0.323. The summed E-state index contributed by atoms with van der Waals surface area (Å²) in [4.78, 5) is 0. The van der Waals surface area contributed by atoms with Gasteiger partial charge in [-0.15, -0.1) is 0 Å². The summed E-state index contributed by atoms with van der Waals surface area (Å²) in [6.45, 7) is 5.33. The molecule has 2 rings (SSSR count). The Bertz CT molecular complexity index is 401. The predicted octanol–water partition coefficient (Wildman–Crippen LogP) is 3.08. The molecular formula is C14H21FN2. The van der Waals surface area contributed by atoms with Gasteiger partial charge in [-0.3, -0.25) is 0 Å². The van der Waals surface area contributed by atoms with Crippen molar-refractivity contribution in [3.63, 3.8) is 0 Å². The molecule has 1 fully saturated rings. The largest absolute Gasteiger partial charge is 0.396 e. The van der Waals surface area contributed by atoms with Gasteiger partial charge in [0.15, 0.2) is 0 Å². The summed E-state index contributed by atoms with van der Waals surface area (Å²) in [6.07, 6.45) is 3.68. The maximum Gasteiger partial charge on any atom is 0.146 e. The van der Waals surface area contributed by atoms with Crippen molar-refractivity contribution in [2.24, 2.45) is 5.41 Å². The first kappa shape index (κ1) is 12.4. The van der Waals surface area contributed by atoms with E-state index in [1.54, 1.807) is 6.07 Å². The van der Waals surface area contributed by atoms with Gasteiger partial charge in [0.1, 0.15) is 5.82 Å². The quantitative estimate of drug-likeness (QED) is 0.791. The average Bonchev–Trinajstić information content (AvgIpc) is 2.60. The molecule has 0 amide bonds. The lowest BCUT2D eigenvalue weighted by atomic mass is 9.92. The summed E-state index contributed by atoms with van der Waals surface area (Å²) < 4.78 is 13.3. The van der Waals surface area contributed by atoms with Crippen LogP contribution in [0.1, 0.15) is 38.7 Å². The highest BCUT2D eigenvalue weighted by molar-refractivity contribution is 5.41. The van der Waals surface area contributed by atoms with E-state index in [2.05, 4.69) is 19.2 Å². The number of anilines is 1. The predicted molar refractivity (Wildman–Crippen MR) is 69.1 cm³/mol. The van der Waals surface area contributed by atoms with Crippen LogP contribution in [-0.4, -0.2) is 6.04 Å². The molecule has 1 unspecified atom stereocenters. The third-order valence-corrected chi connectivity index (χ3v) is 3.63. The van der Waals surface area contributed by atoms with Gasteiger partial charge in [0, 0.05) is 12.6 Å². The minimum Gasteiger partial charge on any atom is -0.396 e.